The number of benzene rings is 2. The zero-order valence-electron chi connectivity index (χ0n) is 18.9. The molecule has 2 aromatic rings. The van der Waals surface area contributed by atoms with E-state index in [-0.39, 0.29) is 23.8 Å². The third-order valence-corrected chi connectivity index (χ3v) is 6.55. The normalized spacial score (nSPS) is 19.7. The van der Waals surface area contributed by atoms with Crippen molar-refractivity contribution in [3.05, 3.63) is 71.8 Å². The Bertz CT molecular complexity index is 844. The van der Waals surface area contributed by atoms with Crippen LogP contribution in [-0.4, -0.2) is 79.5 Å². The van der Waals surface area contributed by atoms with Crippen molar-refractivity contribution in [2.75, 3.05) is 53.0 Å². The van der Waals surface area contributed by atoms with Crippen molar-refractivity contribution in [1.29, 1.82) is 0 Å². The minimum Gasteiger partial charge on any atom is -0.378 e. The minimum absolute atomic E-state index is 0.0287. The van der Waals surface area contributed by atoms with E-state index in [4.69, 9.17) is 4.74 Å². The van der Waals surface area contributed by atoms with Gasteiger partial charge in [-0.2, -0.15) is 0 Å². The lowest BCUT2D eigenvalue weighted by Crippen LogP contribution is -2.50. The smallest absolute Gasteiger partial charge is 0.237 e. The van der Waals surface area contributed by atoms with Crippen LogP contribution < -0.4 is 0 Å². The van der Waals surface area contributed by atoms with Crippen molar-refractivity contribution in [3.63, 3.8) is 0 Å². The summed E-state index contributed by atoms with van der Waals surface area (Å²) >= 11 is 0. The van der Waals surface area contributed by atoms with Gasteiger partial charge in [-0.3, -0.25) is 14.5 Å². The highest BCUT2D eigenvalue weighted by molar-refractivity contribution is 5.80. The fraction of sp³-hybridized carbons (Fsp3) is 0.462. The lowest BCUT2D eigenvalue weighted by Gasteiger charge is -2.37. The average molecular weight is 436 g/mol. The summed E-state index contributed by atoms with van der Waals surface area (Å²) in [5.41, 5.74) is 2.18. The fourth-order valence-electron chi connectivity index (χ4n) is 4.80. The highest BCUT2D eigenvalue weighted by atomic mass is 16.5. The molecule has 32 heavy (non-hydrogen) atoms. The molecule has 1 atom stereocenters. The summed E-state index contributed by atoms with van der Waals surface area (Å²) in [6.07, 6.45) is 1.84. The lowest BCUT2D eigenvalue weighted by atomic mass is 9.95. The van der Waals surface area contributed by atoms with Crippen LogP contribution in [0.4, 0.5) is 0 Å². The van der Waals surface area contributed by atoms with Gasteiger partial charge >= 0.3 is 0 Å². The molecule has 4 rings (SSSR count). The number of nitrogens with zero attached hydrogens (tertiary/aromatic N) is 3. The number of likely N-dealkylation sites (tertiary alicyclic amines) is 1. The van der Waals surface area contributed by atoms with Gasteiger partial charge in [0.2, 0.25) is 11.8 Å². The molecule has 2 saturated heterocycles. The number of rotatable bonds is 6. The monoisotopic (exact) mass is 435 g/mol. The number of likely N-dealkylation sites (N-methyl/N-ethyl adjacent to an activating group) is 1. The van der Waals surface area contributed by atoms with Gasteiger partial charge in [0.05, 0.1) is 31.7 Å². The molecule has 2 aliphatic rings. The number of hydrogen-bond acceptors (Lipinski definition) is 4. The summed E-state index contributed by atoms with van der Waals surface area (Å²) in [5, 5.41) is 0. The Hall–Kier alpha value is -2.70. The van der Waals surface area contributed by atoms with Crippen LogP contribution in [0.5, 0.6) is 0 Å². The predicted octanol–water partition coefficient (Wildman–Crippen LogP) is 2.81. The molecule has 170 valence electrons. The Kier molecular flexibility index (Phi) is 7.55. The summed E-state index contributed by atoms with van der Waals surface area (Å²) in [6, 6.07) is 20.2. The second-order valence-electron chi connectivity index (χ2n) is 8.74. The largest absolute Gasteiger partial charge is 0.378 e. The average Bonchev–Trinajstić information content (AvgIpc) is 2.85. The van der Waals surface area contributed by atoms with Crippen molar-refractivity contribution >= 4 is 11.8 Å². The van der Waals surface area contributed by atoms with Gasteiger partial charge < -0.3 is 14.5 Å². The molecule has 2 heterocycles. The Balaban J connectivity index is 1.43. The summed E-state index contributed by atoms with van der Waals surface area (Å²) in [5.74, 6) is 0.256. The number of piperidine rings is 1. The summed E-state index contributed by atoms with van der Waals surface area (Å²) in [6.45, 7) is 4.42. The Morgan fingerprint density at radius 3 is 2.16 bits per heavy atom. The number of hydrogen-bond donors (Lipinski definition) is 0. The van der Waals surface area contributed by atoms with Crippen molar-refractivity contribution in [3.8, 4) is 0 Å². The van der Waals surface area contributed by atoms with Crippen molar-refractivity contribution in [1.82, 2.24) is 14.7 Å². The van der Waals surface area contributed by atoms with Crippen LogP contribution in [0, 0.1) is 5.92 Å². The molecule has 0 aromatic heterocycles. The van der Waals surface area contributed by atoms with Gasteiger partial charge in [-0.05, 0) is 30.5 Å². The van der Waals surface area contributed by atoms with Crippen LogP contribution in [0.2, 0.25) is 0 Å². The first-order valence-electron chi connectivity index (χ1n) is 11.6. The summed E-state index contributed by atoms with van der Waals surface area (Å²) in [4.78, 5) is 32.2. The second kappa shape index (κ2) is 10.7. The number of morpholine rings is 1. The Morgan fingerprint density at radius 2 is 1.56 bits per heavy atom. The number of amides is 2. The molecule has 2 fully saturated rings. The molecule has 0 aliphatic carbocycles. The molecular formula is C26H33N3O3. The van der Waals surface area contributed by atoms with E-state index in [1.165, 1.54) is 0 Å². The van der Waals surface area contributed by atoms with Gasteiger partial charge in [-0.1, -0.05) is 60.7 Å². The van der Waals surface area contributed by atoms with E-state index in [1.807, 2.05) is 53.2 Å². The SMILES string of the molecule is CN(C(=O)CN1CCCC(C(=O)N2CCOCC2)C1)C(c1ccccc1)c1ccccc1. The molecule has 0 N–H and O–H groups in total. The van der Waals surface area contributed by atoms with E-state index in [1.54, 1.807) is 0 Å². The van der Waals surface area contributed by atoms with Gasteiger partial charge in [-0.25, -0.2) is 0 Å². The zero-order chi connectivity index (χ0) is 22.3. The van der Waals surface area contributed by atoms with Gasteiger partial charge in [0, 0.05) is 26.7 Å². The van der Waals surface area contributed by atoms with Crippen LogP contribution in [0.25, 0.3) is 0 Å². The number of carbonyl (C=O) groups is 2. The van der Waals surface area contributed by atoms with E-state index >= 15 is 0 Å². The maximum absolute atomic E-state index is 13.3. The topological polar surface area (TPSA) is 53.1 Å². The first-order valence-corrected chi connectivity index (χ1v) is 11.6. The number of ether oxygens (including phenoxy) is 1. The fourth-order valence-corrected chi connectivity index (χ4v) is 4.80. The molecular weight excluding hydrogens is 402 g/mol. The summed E-state index contributed by atoms with van der Waals surface area (Å²) in [7, 11) is 1.88. The van der Waals surface area contributed by atoms with Crippen LogP contribution in [0.15, 0.2) is 60.7 Å². The molecule has 6 nitrogen and oxygen atoms in total. The molecule has 2 aliphatic heterocycles. The molecule has 0 radical (unpaired) electrons. The van der Waals surface area contributed by atoms with Crippen LogP contribution in [0.1, 0.15) is 30.0 Å². The van der Waals surface area contributed by atoms with Crippen molar-refractivity contribution in [2.45, 2.75) is 18.9 Å². The van der Waals surface area contributed by atoms with Crippen LogP contribution in [-0.2, 0) is 14.3 Å². The van der Waals surface area contributed by atoms with E-state index in [9.17, 15) is 9.59 Å². The highest BCUT2D eigenvalue weighted by Crippen LogP contribution is 2.28. The third-order valence-electron chi connectivity index (χ3n) is 6.55. The van der Waals surface area contributed by atoms with Gasteiger partial charge in [0.1, 0.15) is 0 Å². The molecule has 2 aromatic carbocycles. The maximum Gasteiger partial charge on any atom is 0.237 e. The van der Waals surface area contributed by atoms with Gasteiger partial charge in [0.25, 0.3) is 0 Å². The summed E-state index contributed by atoms with van der Waals surface area (Å²) < 4.78 is 5.38. The zero-order valence-corrected chi connectivity index (χ0v) is 18.9. The Morgan fingerprint density at radius 1 is 0.969 bits per heavy atom. The molecule has 0 spiro atoms. The first-order chi connectivity index (χ1) is 15.6. The van der Waals surface area contributed by atoms with Gasteiger partial charge in [-0.15, -0.1) is 0 Å². The van der Waals surface area contributed by atoms with E-state index in [0.29, 0.717) is 39.4 Å². The van der Waals surface area contributed by atoms with Crippen molar-refractivity contribution in [2.24, 2.45) is 5.92 Å². The maximum atomic E-state index is 13.3. The van der Waals surface area contributed by atoms with Gasteiger partial charge in [0.15, 0.2) is 0 Å². The molecule has 1 unspecified atom stereocenters. The quantitative estimate of drug-likeness (QED) is 0.700. The number of carbonyl (C=O) groups excluding carboxylic acids is 2. The predicted molar refractivity (Wildman–Crippen MR) is 124 cm³/mol. The second-order valence-corrected chi connectivity index (χ2v) is 8.74. The Labute approximate surface area is 190 Å². The van der Waals surface area contributed by atoms with Crippen molar-refractivity contribution < 1.29 is 14.3 Å². The van der Waals surface area contributed by atoms with Crippen LogP contribution >= 0.6 is 0 Å². The standard InChI is InChI=1S/C26H33N3O3/c1-27(25(21-9-4-2-5-10-21)22-11-6-3-7-12-22)24(30)20-28-14-8-13-23(19-28)26(31)29-15-17-32-18-16-29/h2-7,9-12,23,25H,8,13-20H2,1H3. The minimum atomic E-state index is -0.138. The third kappa shape index (κ3) is 5.37. The van der Waals surface area contributed by atoms with E-state index in [0.717, 1.165) is 30.5 Å². The lowest BCUT2D eigenvalue weighted by molar-refractivity contribution is -0.143. The van der Waals surface area contributed by atoms with Crippen LogP contribution in [0.3, 0.4) is 0 Å². The molecule has 0 saturated carbocycles. The first kappa shape index (κ1) is 22.5. The van der Waals surface area contributed by atoms with E-state index in [2.05, 4.69) is 29.2 Å². The molecule has 0 bridgehead atoms. The molecule has 6 heteroatoms. The van der Waals surface area contributed by atoms with E-state index < -0.39 is 0 Å². The molecule has 2 amide bonds. The highest BCUT2D eigenvalue weighted by Gasteiger charge is 2.32.